The Balaban J connectivity index is 2.13. The van der Waals surface area contributed by atoms with Crippen molar-refractivity contribution in [1.29, 1.82) is 0 Å². The molecular weight excluding hydrogens is 276 g/mol. The summed E-state index contributed by atoms with van der Waals surface area (Å²) in [5, 5.41) is 0. The minimum atomic E-state index is 0.0453. The summed E-state index contributed by atoms with van der Waals surface area (Å²) in [4.78, 5) is 13.4. The fraction of sp³-hybridized carbons (Fsp3) is 0.211. The van der Waals surface area contributed by atoms with Crippen LogP contribution < -0.4 is 0 Å². The van der Waals surface area contributed by atoms with E-state index in [0.717, 1.165) is 16.9 Å². The number of benzene rings is 2. The van der Waals surface area contributed by atoms with Gasteiger partial charge in [0.2, 0.25) is 0 Å². The Hall–Kier alpha value is -1.80. The molecule has 0 heterocycles. The summed E-state index contributed by atoms with van der Waals surface area (Å²) in [5.41, 5.74) is 4.21. The maximum atomic E-state index is 12.2. The summed E-state index contributed by atoms with van der Waals surface area (Å²) < 4.78 is 0. The molecule has 0 atom stereocenters. The lowest BCUT2D eigenvalue weighted by atomic mass is 10.0. The van der Waals surface area contributed by atoms with Gasteiger partial charge in [-0.1, -0.05) is 36.8 Å². The van der Waals surface area contributed by atoms with Gasteiger partial charge in [0.1, 0.15) is 0 Å². The van der Waals surface area contributed by atoms with Crippen molar-refractivity contribution in [2.45, 2.75) is 25.7 Å². The SMILES string of the molecule is CCSc1ccc(C(=O)/C=C/c2cc(C)ccc2C)cc1. The van der Waals surface area contributed by atoms with Crippen LogP contribution >= 0.6 is 11.8 Å². The van der Waals surface area contributed by atoms with Gasteiger partial charge in [-0.15, -0.1) is 11.8 Å². The molecule has 0 aliphatic carbocycles. The first-order valence-corrected chi connectivity index (χ1v) is 8.11. The fourth-order valence-electron chi connectivity index (χ4n) is 2.08. The molecule has 0 aromatic heterocycles. The first-order valence-electron chi connectivity index (χ1n) is 7.12. The predicted molar refractivity (Wildman–Crippen MR) is 92.1 cm³/mol. The molecule has 2 aromatic carbocycles. The molecule has 2 rings (SSSR count). The molecule has 0 bridgehead atoms. The van der Waals surface area contributed by atoms with Crippen LogP contribution in [-0.4, -0.2) is 11.5 Å². The zero-order valence-electron chi connectivity index (χ0n) is 12.7. The topological polar surface area (TPSA) is 17.1 Å². The molecule has 0 spiro atoms. The Morgan fingerprint density at radius 3 is 2.48 bits per heavy atom. The number of ketones is 1. The Morgan fingerprint density at radius 1 is 1.10 bits per heavy atom. The molecule has 0 radical (unpaired) electrons. The quantitative estimate of drug-likeness (QED) is 0.422. The third-order valence-electron chi connectivity index (χ3n) is 3.30. The molecule has 0 saturated carbocycles. The van der Waals surface area contributed by atoms with E-state index in [1.54, 1.807) is 17.8 Å². The van der Waals surface area contributed by atoms with Crippen LogP contribution in [0.15, 0.2) is 53.4 Å². The van der Waals surface area contributed by atoms with Gasteiger partial charge in [0.05, 0.1) is 0 Å². The second kappa shape index (κ2) is 7.28. The summed E-state index contributed by atoms with van der Waals surface area (Å²) in [6.45, 7) is 6.24. The Kier molecular flexibility index (Phi) is 5.40. The smallest absolute Gasteiger partial charge is 0.185 e. The molecule has 0 saturated heterocycles. The normalized spacial score (nSPS) is 11.0. The molecule has 0 unspecified atom stereocenters. The Morgan fingerprint density at radius 2 is 1.81 bits per heavy atom. The van der Waals surface area contributed by atoms with Crippen molar-refractivity contribution in [2.24, 2.45) is 0 Å². The highest BCUT2D eigenvalue weighted by atomic mass is 32.2. The molecule has 108 valence electrons. The molecular formula is C19H20OS. The van der Waals surface area contributed by atoms with Gasteiger partial charge in [-0.2, -0.15) is 0 Å². The van der Waals surface area contributed by atoms with E-state index in [9.17, 15) is 4.79 Å². The van der Waals surface area contributed by atoms with Crippen molar-refractivity contribution >= 4 is 23.6 Å². The van der Waals surface area contributed by atoms with Crippen LogP contribution in [0.4, 0.5) is 0 Å². The zero-order valence-corrected chi connectivity index (χ0v) is 13.5. The number of carbonyl (C=O) groups is 1. The summed E-state index contributed by atoms with van der Waals surface area (Å²) in [6.07, 6.45) is 3.56. The summed E-state index contributed by atoms with van der Waals surface area (Å²) >= 11 is 1.78. The average Bonchev–Trinajstić information content (AvgIpc) is 2.49. The minimum absolute atomic E-state index is 0.0453. The van der Waals surface area contributed by atoms with Gasteiger partial charge in [-0.05, 0) is 61.1 Å². The van der Waals surface area contributed by atoms with Crippen molar-refractivity contribution in [3.8, 4) is 0 Å². The summed E-state index contributed by atoms with van der Waals surface area (Å²) in [6, 6.07) is 14.1. The molecule has 0 aliphatic rings. The highest BCUT2D eigenvalue weighted by Crippen LogP contribution is 2.18. The van der Waals surface area contributed by atoms with Crippen LogP contribution in [-0.2, 0) is 0 Å². The van der Waals surface area contributed by atoms with Gasteiger partial charge in [-0.3, -0.25) is 4.79 Å². The van der Waals surface area contributed by atoms with Gasteiger partial charge < -0.3 is 0 Å². The first-order chi connectivity index (χ1) is 10.1. The van der Waals surface area contributed by atoms with Crippen LogP contribution in [0.5, 0.6) is 0 Å². The second-order valence-corrected chi connectivity index (χ2v) is 6.35. The van der Waals surface area contributed by atoms with Gasteiger partial charge >= 0.3 is 0 Å². The molecule has 1 nitrogen and oxygen atoms in total. The predicted octanol–water partition coefficient (Wildman–Crippen LogP) is 5.31. The van der Waals surface area contributed by atoms with Crippen molar-refractivity contribution in [3.63, 3.8) is 0 Å². The molecule has 0 amide bonds. The maximum absolute atomic E-state index is 12.2. The van der Waals surface area contributed by atoms with Crippen molar-refractivity contribution in [2.75, 3.05) is 5.75 Å². The third kappa shape index (κ3) is 4.33. The zero-order chi connectivity index (χ0) is 15.2. The van der Waals surface area contributed by atoms with E-state index < -0.39 is 0 Å². The lowest BCUT2D eigenvalue weighted by Gasteiger charge is -2.02. The maximum Gasteiger partial charge on any atom is 0.185 e. The highest BCUT2D eigenvalue weighted by Gasteiger charge is 2.02. The Bertz CT molecular complexity index is 654. The highest BCUT2D eigenvalue weighted by molar-refractivity contribution is 7.99. The van der Waals surface area contributed by atoms with E-state index >= 15 is 0 Å². The van der Waals surface area contributed by atoms with Crippen LogP contribution in [0.2, 0.25) is 0 Å². The average molecular weight is 296 g/mol. The standard InChI is InChI=1S/C19H20OS/c1-4-21-18-10-7-16(8-11-18)19(20)12-9-17-13-14(2)5-6-15(17)3/h5-13H,4H2,1-3H3/b12-9+. The van der Waals surface area contributed by atoms with E-state index in [4.69, 9.17) is 0 Å². The number of allylic oxidation sites excluding steroid dienone is 1. The second-order valence-electron chi connectivity index (χ2n) is 5.02. The number of rotatable bonds is 5. The molecule has 0 aliphatic heterocycles. The molecule has 2 heteroatoms. The Labute approximate surface area is 131 Å². The van der Waals surface area contributed by atoms with Crippen LogP contribution in [0.3, 0.4) is 0 Å². The summed E-state index contributed by atoms with van der Waals surface area (Å²) in [5.74, 6) is 1.09. The fourth-order valence-corrected chi connectivity index (χ4v) is 2.75. The van der Waals surface area contributed by atoms with Gasteiger partial charge in [-0.25, -0.2) is 0 Å². The van der Waals surface area contributed by atoms with E-state index in [-0.39, 0.29) is 5.78 Å². The van der Waals surface area contributed by atoms with Crippen molar-refractivity contribution < 1.29 is 4.79 Å². The van der Waals surface area contributed by atoms with E-state index in [1.807, 2.05) is 30.3 Å². The monoisotopic (exact) mass is 296 g/mol. The number of carbonyl (C=O) groups excluding carboxylic acids is 1. The third-order valence-corrected chi connectivity index (χ3v) is 4.19. The molecule has 2 aromatic rings. The largest absolute Gasteiger partial charge is 0.289 e. The van der Waals surface area contributed by atoms with Crippen LogP contribution in [0.1, 0.15) is 34.0 Å². The van der Waals surface area contributed by atoms with E-state index in [1.165, 1.54) is 16.0 Å². The van der Waals surface area contributed by atoms with Crippen LogP contribution in [0.25, 0.3) is 6.08 Å². The van der Waals surface area contributed by atoms with E-state index in [0.29, 0.717) is 0 Å². The number of hydrogen-bond acceptors (Lipinski definition) is 2. The lowest BCUT2D eigenvalue weighted by Crippen LogP contribution is -1.94. The number of aryl methyl sites for hydroxylation is 2. The first kappa shape index (κ1) is 15.6. The van der Waals surface area contributed by atoms with Gasteiger partial charge in [0, 0.05) is 10.5 Å². The lowest BCUT2D eigenvalue weighted by molar-refractivity contribution is 0.104. The molecule has 0 N–H and O–H groups in total. The van der Waals surface area contributed by atoms with Crippen molar-refractivity contribution in [1.82, 2.24) is 0 Å². The van der Waals surface area contributed by atoms with Crippen molar-refractivity contribution in [3.05, 3.63) is 70.8 Å². The number of hydrogen-bond donors (Lipinski definition) is 0. The minimum Gasteiger partial charge on any atom is -0.289 e. The van der Waals surface area contributed by atoms with Gasteiger partial charge in [0.15, 0.2) is 5.78 Å². The van der Waals surface area contributed by atoms with E-state index in [2.05, 4.69) is 39.0 Å². The molecule has 21 heavy (non-hydrogen) atoms. The molecule has 0 fully saturated rings. The van der Waals surface area contributed by atoms with Gasteiger partial charge in [0.25, 0.3) is 0 Å². The van der Waals surface area contributed by atoms with Crippen LogP contribution in [0, 0.1) is 13.8 Å². The number of thioether (sulfide) groups is 1. The summed E-state index contributed by atoms with van der Waals surface area (Å²) in [7, 11) is 0.